The third kappa shape index (κ3) is 4.39. The number of aryl methyl sites for hydroxylation is 2. The van der Waals surface area contributed by atoms with Crippen molar-refractivity contribution in [1.82, 2.24) is 5.16 Å². The predicted molar refractivity (Wildman–Crippen MR) is 94.1 cm³/mol. The molecule has 6 heteroatoms. The van der Waals surface area contributed by atoms with Crippen molar-refractivity contribution < 1.29 is 18.8 Å². The summed E-state index contributed by atoms with van der Waals surface area (Å²) in [6.07, 6.45) is 4.21. The van der Waals surface area contributed by atoms with Gasteiger partial charge in [0.15, 0.2) is 0 Å². The molecule has 1 aliphatic rings. The number of hydrogen-bond donors (Lipinski definition) is 1. The summed E-state index contributed by atoms with van der Waals surface area (Å²) >= 11 is 0. The molecule has 1 aliphatic heterocycles. The summed E-state index contributed by atoms with van der Waals surface area (Å²) in [5.41, 5.74) is 1.88. The largest absolute Gasteiger partial charge is 0.491 e. The second-order valence-corrected chi connectivity index (χ2v) is 6.19. The van der Waals surface area contributed by atoms with Gasteiger partial charge in [-0.25, -0.2) is 0 Å². The molecule has 6 nitrogen and oxygen atoms in total. The highest BCUT2D eigenvalue weighted by Crippen LogP contribution is 2.20. The molecule has 1 aromatic heterocycles. The van der Waals surface area contributed by atoms with Crippen LogP contribution in [0.1, 0.15) is 48.0 Å². The summed E-state index contributed by atoms with van der Waals surface area (Å²) in [5.74, 6) is 1.09. The van der Waals surface area contributed by atoms with Crippen molar-refractivity contribution in [3.63, 3.8) is 0 Å². The Bertz CT molecular complexity index is 703. The number of carbonyl (C=O) groups is 1. The number of amides is 1. The topological polar surface area (TPSA) is 73.6 Å². The standard InChI is InChI=1S/C19H24N2O4/c1-3-17-18(13(2)25-21-17)19(22)20-14-7-9-15(10-8-14)24-12-16-6-4-5-11-23-16/h7-10,16H,3-6,11-12H2,1-2H3,(H,20,22). The molecule has 1 aromatic carbocycles. The molecule has 0 radical (unpaired) electrons. The maximum absolute atomic E-state index is 12.4. The molecule has 1 atom stereocenters. The Labute approximate surface area is 147 Å². The van der Waals surface area contributed by atoms with E-state index in [1.54, 1.807) is 6.92 Å². The highest BCUT2D eigenvalue weighted by molar-refractivity contribution is 6.05. The van der Waals surface area contributed by atoms with Gasteiger partial charge in [-0.1, -0.05) is 12.1 Å². The van der Waals surface area contributed by atoms with E-state index in [0.29, 0.717) is 35.7 Å². The molecule has 2 aromatic rings. The summed E-state index contributed by atoms with van der Waals surface area (Å²) in [7, 11) is 0. The Hall–Kier alpha value is -2.34. The summed E-state index contributed by atoms with van der Waals surface area (Å²) in [4.78, 5) is 12.4. The Morgan fingerprint density at radius 3 is 2.80 bits per heavy atom. The zero-order valence-electron chi connectivity index (χ0n) is 14.7. The summed E-state index contributed by atoms with van der Waals surface area (Å²) < 4.78 is 16.5. The Kier molecular flexibility index (Phi) is 5.71. The van der Waals surface area contributed by atoms with Gasteiger partial charge < -0.3 is 19.3 Å². The molecule has 0 spiro atoms. The number of hydrogen-bond acceptors (Lipinski definition) is 5. The van der Waals surface area contributed by atoms with E-state index in [1.807, 2.05) is 31.2 Å². The molecule has 0 bridgehead atoms. The van der Waals surface area contributed by atoms with Crippen molar-refractivity contribution >= 4 is 11.6 Å². The van der Waals surface area contributed by atoms with Crippen LogP contribution in [0.2, 0.25) is 0 Å². The van der Waals surface area contributed by atoms with Crippen LogP contribution in [-0.4, -0.2) is 30.4 Å². The summed E-state index contributed by atoms with van der Waals surface area (Å²) in [6, 6.07) is 7.34. The minimum absolute atomic E-state index is 0.178. The first-order valence-electron chi connectivity index (χ1n) is 8.78. The van der Waals surface area contributed by atoms with E-state index in [-0.39, 0.29) is 12.0 Å². The van der Waals surface area contributed by atoms with Gasteiger partial charge in [-0.05, 0) is 56.9 Å². The fourth-order valence-corrected chi connectivity index (χ4v) is 2.91. The Morgan fingerprint density at radius 1 is 1.32 bits per heavy atom. The first-order valence-corrected chi connectivity index (χ1v) is 8.78. The minimum atomic E-state index is -0.208. The Morgan fingerprint density at radius 2 is 2.12 bits per heavy atom. The maximum Gasteiger partial charge on any atom is 0.261 e. The van der Waals surface area contributed by atoms with Crippen molar-refractivity contribution in [2.45, 2.75) is 45.6 Å². The molecule has 1 fully saturated rings. The van der Waals surface area contributed by atoms with Crippen molar-refractivity contribution in [3.8, 4) is 5.75 Å². The number of ether oxygens (including phenoxy) is 2. The maximum atomic E-state index is 12.4. The van der Waals surface area contributed by atoms with Crippen LogP contribution in [0.5, 0.6) is 5.75 Å². The van der Waals surface area contributed by atoms with Gasteiger partial charge in [0.05, 0.1) is 11.8 Å². The highest BCUT2D eigenvalue weighted by Gasteiger charge is 2.19. The highest BCUT2D eigenvalue weighted by atomic mass is 16.5. The van der Waals surface area contributed by atoms with Gasteiger partial charge in [-0.2, -0.15) is 0 Å². The molecular weight excluding hydrogens is 320 g/mol. The number of carbonyl (C=O) groups excluding carboxylic acids is 1. The molecule has 134 valence electrons. The second-order valence-electron chi connectivity index (χ2n) is 6.19. The molecule has 1 unspecified atom stereocenters. The third-order valence-electron chi connectivity index (χ3n) is 4.32. The van der Waals surface area contributed by atoms with Gasteiger partial charge in [-0.15, -0.1) is 0 Å². The lowest BCUT2D eigenvalue weighted by Gasteiger charge is -2.22. The summed E-state index contributed by atoms with van der Waals surface area (Å²) in [5, 5.41) is 6.79. The average Bonchev–Trinajstić information content (AvgIpc) is 3.03. The summed E-state index contributed by atoms with van der Waals surface area (Å²) in [6.45, 7) is 5.06. The van der Waals surface area contributed by atoms with E-state index in [0.717, 1.165) is 25.2 Å². The van der Waals surface area contributed by atoms with Crippen molar-refractivity contribution in [2.75, 3.05) is 18.5 Å². The van der Waals surface area contributed by atoms with Crippen LogP contribution in [0.15, 0.2) is 28.8 Å². The molecule has 0 aliphatic carbocycles. The number of nitrogens with zero attached hydrogens (tertiary/aromatic N) is 1. The second kappa shape index (κ2) is 8.16. The van der Waals surface area contributed by atoms with E-state index in [2.05, 4.69) is 10.5 Å². The van der Waals surface area contributed by atoms with Crippen LogP contribution >= 0.6 is 0 Å². The predicted octanol–water partition coefficient (Wildman–Crippen LogP) is 3.75. The van der Waals surface area contributed by atoms with Crippen molar-refractivity contribution in [1.29, 1.82) is 0 Å². The lowest BCUT2D eigenvalue weighted by molar-refractivity contribution is -0.0110. The van der Waals surface area contributed by atoms with Crippen LogP contribution in [0, 0.1) is 6.92 Å². The van der Waals surface area contributed by atoms with Crippen LogP contribution in [-0.2, 0) is 11.2 Å². The molecule has 1 amide bonds. The van der Waals surface area contributed by atoms with E-state index in [1.165, 1.54) is 6.42 Å². The van der Waals surface area contributed by atoms with Gasteiger partial charge in [0, 0.05) is 12.3 Å². The molecule has 25 heavy (non-hydrogen) atoms. The Balaban J connectivity index is 1.56. The fraction of sp³-hybridized carbons (Fsp3) is 0.474. The van der Waals surface area contributed by atoms with Gasteiger partial charge in [0.25, 0.3) is 5.91 Å². The number of aromatic nitrogens is 1. The zero-order valence-corrected chi connectivity index (χ0v) is 14.7. The molecule has 3 rings (SSSR count). The van der Waals surface area contributed by atoms with E-state index < -0.39 is 0 Å². The van der Waals surface area contributed by atoms with Gasteiger partial charge in [0.1, 0.15) is 23.7 Å². The van der Waals surface area contributed by atoms with Gasteiger partial charge in [0.2, 0.25) is 0 Å². The molecule has 2 heterocycles. The van der Waals surface area contributed by atoms with Crippen LogP contribution in [0.4, 0.5) is 5.69 Å². The SMILES string of the molecule is CCc1noc(C)c1C(=O)Nc1ccc(OCC2CCCCO2)cc1. The minimum Gasteiger partial charge on any atom is -0.491 e. The smallest absolute Gasteiger partial charge is 0.261 e. The van der Waals surface area contributed by atoms with Crippen molar-refractivity contribution in [2.24, 2.45) is 0 Å². The van der Waals surface area contributed by atoms with Gasteiger partial charge >= 0.3 is 0 Å². The lowest BCUT2D eigenvalue weighted by Crippen LogP contribution is -2.25. The quantitative estimate of drug-likeness (QED) is 0.864. The number of nitrogens with one attached hydrogen (secondary N) is 1. The normalized spacial score (nSPS) is 17.3. The van der Waals surface area contributed by atoms with Crippen LogP contribution in [0.25, 0.3) is 0 Å². The molecule has 1 saturated heterocycles. The number of benzene rings is 1. The number of anilines is 1. The first-order chi connectivity index (χ1) is 12.2. The van der Waals surface area contributed by atoms with E-state index in [4.69, 9.17) is 14.0 Å². The third-order valence-corrected chi connectivity index (χ3v) is 4.32. The van der Waals surface area contributed by atoms with Crippen LogP contribution < -0.4 is 10.1 Å². The first kappa shape index (κ1) is 17.5. The van der Waals surface area contributed by atoms with E-state index >= 15 is 0 Å². The molecule has 0 saturated carbocycles. The van der Waals surface area contributed by atoms with E-state index in [9.17, 15) is 4.79 Å². The van der Waals surface area contributed by atoms with Gasteiger partial charge in [-0.3, -0.25) is 4.79 Å². The zero-order chi connectivity index (χ0) is 17.6. The lowest BCUT2D eigenvalue weighted by atomic mass is 10.1. The number of rotatable bonds is 6. The monoisotopic (exact) mass is 344 g/mol. The average molecular weight is 344 g/mol. The molecule has 1 N–H and O–H groups in total. The molecular formula is C19H24N2O4. The van der Waals surface area contributed by atoms with Crippen LogP contribution in [0.3, 0.4) is 0 Å². The van der Waals surface area contributed by atoms with Crippen molar-refractivity contribution in [3.05, 3.63) is 41.3 Å². The fourth-order valence-electron chi connectivity index (χ4n) is 2.91.